The zero-order valence-corrected chi connectivity index (χ0v) is 11.6. The molecule has 0 amide bonds. The molecule has 1 aromatic rings. The zero-order valence-electron chi connectivity index (χ0n) is 10.8. The normalized spacial score (nSPS) is 29.7. The molecule has 17 heavy (non-hydrogen) atoms. The van der Waals surface area contributed by atoms with Gasteiger partial charge in [0.1, 0.15) is 5.75 Å². The third kappa shape index (κ3) is 3.17. The maximum absolute atomic E-state index is 5.20. The molecule has 1 saturated heterocycles. The van der Waals surface area contributed by atoms with Crippen molar-refractivity contribution in [2.45, 2.75) is 25.1 Å². The van der Waals surface area contributed by atoms with Crippen molar-refractivity contribution in [2.24, 2.45) is 5.92 Å². The molecule has 3 heteroatoms. The van der Waals surface area contributed by atoms with Crippen molar-refractivity contribution in [3.63, 3.8) is 0 Å². The van der Waals surface area contributed by atoms with Crippen LogP contribution < -0.4 is 10.1 Å². The Balaban J connectivity index is 2.13. The molecule has 0 aromatic heterocycles. The maximum Gasteiger partial charge on any atom is 0.118 e. The van der Waals surface area contributed by atoms with Gasteiger partial charge in [0.05, 0.1) is 7.11 Å². The Morgan fingerprint density at radius 2 is 1.94 bits per heavy atom. The van der Waals surface area contributed by atoms with Crippen molar-refractivity contribution in [3.05, 3.63) is 29.8 Å². The number of rotatable bonds is 2. The van der Waals surface area contributed by atoms with E-state index in [1.807, 2.05) is 12.1 Å². The molecule has 0 saturated carbocycles. The van der Waals surface area contributed by atoms with Gasteiger partial charge in [0.15, 0.2) is 0 Å². The first-order valence-electron chi connectivity index (χ1n) is 6.19. The van der Waals surface area contributed by atoms with Crippen molar-refractivity contribution in [1.29, 1.82) is 0 Å². The second-order valence-corrected chi connectivity index (χ2v) is 6.21. The molecule has 2 nitrogen and oxygen atoms in total. The van der Waals surface area contributed by atoms with Crippen molar-refractivity contribution in [3.8, 4) is 5.75 Å². The first-order valence-corrected chi connectivity index (χ1v) is 7.24. The Bertz CT molecular complexity index is 352. The number of ether oxygens (including phenoxy) is 1. The van der Waals surface area contributed by atoms with Crippen molar-refractivity contribution in [1.82, 2.24) is 5.32 Å². The smallest absolute Gasteiger partial charge is 0.118 e. The molecule has 0 spiro atoms. The van der Waals surface area contributed by atoms with Gasteiger partial charge in [-0.2, -0.15) is 11.8 Å². The lowest BCUT2D eigenvalue weighted by Crippen LogP contribution is -2.28. The van der Waals surface area contributed by atoms with E-state index in [4.69, 9.17) is 4.74 Å². The van der Waals surface area contributed by atoms with Crippen LogP contribution in [0.1, 0.15) is 25.5 Å². The van der Waals surface area contributed by atoms with E-state index in [9.17, 15) is 0 Å². The third-order valence-electron chi connectivity index (χ3n) is 3.27. The Labute approximate surface area is 108 Å². The van der Waals surface area contributed by atoms with Crippen LogP contribution in [0.3, 0.4) is 0 Å². The van der Waals surface area contributed by atoms with Gasteiger partial charge in [-0.25, -0.2) is 0 Å². The standard InChI is InChI=1S/C14H21NOS/c1-10-8-15-14(11(2)17-9-10)12-4-6-13(16-3)7-5-12/h4-7,10-11,14-15H,8-9H2,1-3H3. The largest absolute Gasteiger partial charge is 0.497 e. The van der Waals surface area contributed by atoms with Gasteiger partial charge < -0.3 is 10.1 Å². The van der Waals surface area contributed by atoms with Crippen LogP contribution in [-0.2, 0) is 0 Å². The predicted octanol–water partition coefficient (Wildman–Crippen LogP) is 3.10. The number of thioether (sulfide) groups is 1. The van der Waals surface area contributed by atoms with Gasteiger partial charge in [-0.1, -0.05) is 26.0 Å². The SMILES string of the molecule is COc1ccc(C2NCC(C)CSC2C)cc1. The molecule has 1 fully saturated rings. The first kappa shape index (κ1) is 12.8. The molecule has 1 aliphatic rings. The number of methoxy groups -OCH3 is 1. The summed E-state index contributed by atoms with van der Waals surface area (Å²) < 4.78 is 5.20. The number of hydrogen-bond donors (Lipinski definition) is 1. The molecule has 3 unspecified atom stereocenters. The van der Waals surface area contributed by atoms with Crippen LogP contribution in [0.25, 0.3) is 0 Å². The van der Waals surface area contributed by atoms with Crippen LogP contribution in [0.4, 0.5) is 0 Å². The summed E-state index contributed by atoms with van der Waals surface area (Å²) in [6, 6.07) is 8.88. The van der Waals surface area contributed by atoms with Gasteiger partial charge in [0.2, 0.25) is 0 Å². The second-order valence-electron chi connectivity index (χ2n) is 4.80. The van der Waals surface area contributed by atoms with Gasteiger partial charge in [-0.3, -0.25) is 0 Å². The van der Waals surface area contributed by atoms with E-state index in [1.165, 1.54) is 11.3 Å². The average Bonchev–Trinajstić information content (AvgIpc) is 2.52. The lowest BCUT2D eigenvalue weighted by molar-refractivity contribution is 0.414. The number of nitrogens with one attached hydrogen (secondary N) is 1. The highest BCUT2D eigenvalue weighted by Gasteiger charge is 2.23. The van der Waals surface area contributed by atoms with E-state index in [0.29, 0.717) is 11.3 Å². The second kappa shape index (κ2) is 5.78. The van der Waals surface area contributed by atoms with E-state index < -0.39 is 0 Å². The molecular weight excluding hydrogens is 230 g/mol. The van der Waals surface area contributed by atoms with Crippen LogP contribution in [0.2, 0.25) is 0 Å². The van der Waals surface area contributed by atoms with Crippen LogP contribution in [0.5, 0.6) is 5.75 Å². The fourth-order valence-electron chi connectivity index (χ4n) is 2.17. The summed E-state index contributed by atoms with van der Waals surface area (Å²) in [6.45, 7) is 5.72. The molecule has 1 N–H and O–H groups in total. The summed E-state index contributed by atoms with van der Waals surface area (Å²) in [5.74, 6) is 2.93. The molecule has 0 aliphatic carbocycles. The van der Waals surface area contributed by atoms with Gasteiger partial charge in [-0.05, 0) is 35.9 Å². The highest BCUT2D eigenvalue weighted by atomic mass is 32.2. The number of hydrogen-bond acceptors (Lipinski definition) is 3. The van der Waals surface area contributed by atoms with Gasteiger partial charge in [0, 0.05) is 11.3 Å². The predicted molar refractivity (Wildman–Crippen MR) is 74.8 cm³/mol. The Hall–Kier alpha value is -0.670. The van der Waals surface area contributed by atoms with Crippen LogP contribution in [-0.4, -0.2) is 24.7 Å². The van der Waals surface area contributed by atoms with E-state index in [0.717, 1.165) is 18.2 Å². The summed E-state index contributed by atoms with van der Waals surface area (Å²) in [7, 11) is 1.71. The van der Waals surface area contributed by atoms with Crippen molar-refractivity contribution >= 4 is 11.8 Å². The fraction of sp³-hybridized carbons (Fsp3) is 0.571. The summed E-state index contributed by atoms with van der Waals surface area (Å²) in [5.41, 5.74) is 1.36. The number of benzene rings is 1. The molecule has 1 aromatic carbocycles. The minimum Gasteiger partial charge on any atom is -0.497 e. The minimum absolute atomic E-state index is 0.454. The zero-order chi connectivity index (χ0) is 12.3. The quantitative estimate of drug-likeness (QED) is 0.872. The molecule has 94 valence electrons. The van der Waals surface area contributed by atoms with E-state index in [1.54, 1.807) is 7.11 Å². The van der Waals surface area contributed by atoms with Crippen LogP contribution in [0.15, 0.2) is 24.3 Å². The Morgan fingerprint density at radius 3 is 2.59 bits per heavy atom. The van der Waals surface area contributed by atoms with Crippen LogP contribution in [0, 0.1) is 5.92 Å². The van der Waals surface area contributed by atoms with E-state index in [-0.39, 0.29) is 0 Å². The molecule has 2 rings (SSSR count). The summed E-state index contributed by atoms with van der Waals surface area (Å²) in [5, 5.41) is 4.29. The summed E-state index contributed by atoms with van der Waals surface area (Å²) >= 11 is 2.07. The lowest BCUT2D eigenvalue weighted by Gasteiger charge is -2.22. The minimum atomic E-state index is 0.454. The van der Waals surface area contributed by atoms with E-state index >= 15 is 0 Å². The van der Waals surface area contributed by atoms with Crippen molar-refractivity contribution in [2.75, 3.05) is 19.4 Å². The average molecular weight is 251 g/mol. The van der Waals surface area contributed by atoms with E-state index in [2.05, 4.69) is 43.1 Å². The van der Waals surface area contributed by atoms with Crippen LogP contribution >= 0.6 is 11.8 Å². The summed E-state index contributed by atoms with van der Waals surface area (Å²) in [4.78, 5) is 0. The third-order valence-corrected chi connectivity index (χ3v) is 4.83. The van der Waals surface area contributed by atoms with Gasteiger partial charge in [0.25, 0.3) is 0 Å². The summed E-state index contributed by atoms with van der Waals surface area (Å²) in [6.07, 6.45) is 0. The molecule has 0 radical (unpaired) electrons. The fourth-order valence-corrected chi connectivity index (χ4v) is 3.36. The first-order chi connectivity index (χ1) is 8.20. The van der Waals surface area contributed by atoms with Crippen molar-refractivity contribution < 1.29 is 4.74 Å². The topological polar surface area (TPSA) is 21.3 Å². The Kier molecular flexibility index (Phi) is 4.35. The lowest BCUT2D eigenvalue weighted by atomic mass is 10.0. The monoisotopic (exact) mass is 251 g/mol. The highest BCUT2D eigenvalue weighted by molar-refractivity contribution is 7.99. The molecule has 1 heterocycles. The Morgan fingerprint density at radius 1 is 1.24 bits per heavy atom. The molecular formula is C14H21NOS. The molecule has 3 atom stereocenters. The van der Waals surface area contributed by atoms with Gasteiger partial charge >= 0.3 is 0 Å². The molecule has 1 aliphatic heterocycles. The maximum atomic E-state index is 5.20. The molecule has 0 bridgehead atoms. The van der Waals surface area contributed by atoms with Gasteiger partial charge in [-0.15, -0.1) is 0 Å². The highest BCUT2D eigenvalue weighted by Crippen LogP contribution is 2.31.